The second-order valence-electron chi connectivity index (χ2n) is 6.21. The third kappa shape index (κ3) is 5.66. The van der Waals surface area contributed by atoms with Crippen LogP contribution in [0.5, 0.6) is 5.75 Å². The molecule has 2 rings (SSSR count). The summed E-state index contributed by atoms with van der Waals surface area (Å²) in [5.74, 6) is 1.75. The number of anilines is 1. The first-order valence-electron chi connectivity index (χ1n) is 8.00. The van der Waals surface area contributed by atoms with Crippen LogP contribution in [0, 0.1) is 5.92 Å². The highest BCUT2D eigenvalue weighted by Gasteiger charge is 2.16. The van der Waals surface area contributed by atoms with Gasteiger partial charge >= 0.3 is 0 Å². The van der Waals surface area contributed by atoms with Gasteiger partial charge < -0.3 is 15.7 Å². The van der Waals surface area contributed by atoms with Crippen LogP contribution in [-0.2, 0) is 0 Å². The number of benzene rings is 1. The van der Waals surface area contributed by atoms with Gasteiger partial charge in [0.15, 0.2) is 5.96 Å². The highest BCUT2D eigenvalue weighted by atomic mass is 16.3. The second kappa shape index (κ2) is 7.91. The Balaban J connectivity index is 1.99. The molecule has 0 unspecified atom stereocenters. The number of aliphatic imine (C=N–C) groups is 1. The van der Waals surface area contributed by atoms with Crippen molar-refractivity contribution in [1.29, 1.82) is 0 Å². The van der Waals surface area contributed by atoms with Crippen LogP contribution in [0.25, 0.3) is 0 Å². The maximum atomic E-state index is 9.56. The quantitative estimate of drug-likeness (QED) is 0.572. The van der Waals surface area contributed by atoms with Gasteiger partial charge in [0.1, 0.15) is 5.75 Å². The van der Waals surface area contributed by atoms with Crippen LogP contribution in [-0.4, -0.2) is 23.7 Å². The van der Waals surface area contributed by atoms with Crippen LogP contribution in [0.3, 0.4) is 0 Å². The summed E-state index contributed by atoms with van der Waals surface area (Å²) in [6.07, 6.45) is 6.10. The van der Waals surface area contributed by atoms with E-state index in [0.717, 1.165) is 24.6 Å². The first-order valence-corrected chi connectivity index (χ1v) is 8.00. The molecule has 0 radical (unpaired) electrons. The Labute approximate surface area is 127 Å². The summed E-state index contributed by atoms with van der Waals surface area (Å²) in [4.78, 5) is 4.67. The Hall–Kier alpha value is -1.71. The van der Waals surface area contributed by atoms with Gasteiger partial charge in [0.05, 0.1) is 0 Å². The molecule has 1 aliphatic rings. The zero-order chi connectivity index (χ0) is 15.1. The van der Waals surface area contributed by atoms with Gasteiger partial charge in [-0.25, -0.2) is 0 Å². The lowest BCUT2D eigenvalue weighted by Gasteiger charge is -2.17. The molecule has 0 heterocycles. The number of phenols is 1. The van der Waals surface area contributed by atoms with E-state index in [9.17, 15) is 5.11 Å². The van der Waals surface area contributed by atoms with E-state index < -0.39 is 0 Å². The monoisotopic (exact) mass is 289 g/mol. The van der Waals surface area contributed by atoms with Crippen LogP contribution in [0.1, 0.15) is 46.0 Å². The Bertz CT molecular complexity index is 465. The molecule has 0 atom stereocenters. The molecule has 1 fully saturated rings. The van der Waals surface area contributed by atoms with E-state index in [1.165, 1.54) is 25.7 Å². The fourth-order valence-corrected chi connectivity index (χ4v) is 2.54. The molecule has 1 aromatic carbocycles. The molecule has 0 aliphatic heterocycles. The van der Waals surface area contributed by atoms with Gasteiger partial charge in [-0.2, -0.15) is 0 Å². The van der Waals surface area contributed by atoms with Crippen molar-refractivity contribution in [2.75, 3.05) is 11.9 Å². The number of nitrogens with one attached hydrogen (secondary N) is 2. The summed E-state index contributed by atoms with van der Waals surface area (Å²) < 4.78 is 0. The zero-order valence-corrected chi connectivity index (χ0v) is 13.1. The Kier molecular flexibility index (Phi) is 5.90. The summed E-state index contributed by atoms with van der Waals surface area (Å²) in [5, 5.41) is 16.4. The van der Waals surface area contributed by atoms with Gasteiger partial charge in [-0.05, 0) is 37.3 Å². The second-order valence-corrected chi connectivity index (χ2v) is 6.21. The topological polar surface area (TPSA) is 56.7 Å². The van der Waals surface area contributed by atoms with Gasteiger partial charge in [-0.1, -0.05) is 32.8 Å². The fraction of sp³-hybridized carbons (Fsp3) is 0.588. The number of nitrogens with zero attached hydrogens (tertiary/aromatic N) is 1. The molecule has 0 spiro atoms. The average Bonchev–Trinajstić information content (AvgIpc) is 2.91. The molecular weight excluding hydrogens is 262 g/mol. The minimum atomic E-state index is 0.266. The standard InChI is InChI=1S/C17H27N3O/c1-13(2)10-11-18-17(19-14-6-3-4-7-14)20-15-8-5-9-16(21)12-15/h5,8-9,12-14,21H,3-4,6-7,10-11H2,1-2H3,(H2,18,19,20). The number of guanidine groups is 1. The molecular formula is C17H27N3O. The SMILES string of the molecule is CC(C)CCN=C(Nc1cccc(O)c1)NC1CCCC1. The van der Waals surface area contributed by atoms with Crippen LogP contribution in [0.4, 0.5) is 5.69 Å². The molecule has 1 aliphatic carbocycles. The predicted molar refractivity (Wildman–Crippen MR) is 88.9 cm³/mol. The first-order chi connectivity index (χ1) is 10.1. The third-order valence-electron chi connectivity index (χ3n) is 3.78. The van der Waals surface area contributed by atoms with Crippen LogP contribution < -0.4 is 10.6 Å². The number of phenolic OH excluding ortho intramolecular Hbond substituents is 1. The van der Waals surface area contributed by atoms with E-state index in [2.05, 4.69) is 29.5 Å². The minimum absolute atomic E-state index is 0.266. The molecule has 3 N–H and O–H groups in total. The van der Waals surface area contributed by atoms with E-state index in [-0.39, 0.29) is 5.75 Å². The molecule has 1 saturated carbocycles. The van der Waals surface area contributed by atoms with Gasteiger partial charge in [-0.15, -0.1) is 0 Å². The third-order valence-corrected chi connectivity index (χ3v) is 3.78. The van der Waals surface area contributed by atoms with Gasteiger partial charge in [-0.3, -0.25) is 4.99 Å². The normalized spacial score (nSPS) is 16.4. The van der Waals surface area contributed by atoms with E-state index in [1.807, 2.05) is 12.1 Å². The van der Waals surface area contributed by atoms with Crippen molar-refractivity contribution in [1.82, 2.24) is 5.32 Å². The van der Waals surface area contributed by atoms with Crippen molar-refractivity contribution in [3.05, 3.63) is 24.3 Å². The van der Waals surface area contributed by atoms with Gasteiger partial charge in [0, 0.05) is 24.3 Å². The Morgan fingerprint density at radius 1 is 1.33 bits per heavy atom. The molecule has 1 aromatic rings. The smallest absolute Gasteiger partial charge is 0.196 e. The highest BCUT2D eigenvalue weighted by Crippen LogP contribution is 2.19. The Morgan fingerprint density at radius 3 is 2.76 bits per heavy atom. The zero-order valence-electron chi connectivity index (χ0n) is 13.1. The molecule has 116 valence electrons. The van der Waals surface area contributed by atoms with Gasteiger partial charge in [0.2, 0.25) is 0 Å². The summed E-state index contributed by atoms with van der Waals surface area (Å²) in [6.45, 7) is 5.24. The number of aromatic hydroxyl groups is 1. The van der Waals surface area contributed by atoms with Crippen molar-refractivity contribution >= 4 is 11.6 Å². The van der Waals surface area contributed by atoms with Crippen LogP contribution >= 0.6 is 0 Å². The summed E-state index contributed by atoms with van der Waals surface area (Å²) in [6, 6.07) is 7.68. The summed E-state index contributed by atoms with van der Waals surface area (Å²) in [5.41, 5.74) is 0.865. The molecule has 0 aromatic heterocycles. The summed E-state index contributed by atoms with van der Waals surface area (Å²) in [7, 11) is 0. The molecule has 4 heteroatoms. The van der Waals surface area contributed by atoms with E-state index in [0.29, 0.717) is 12.0 Å². The summed E-state index contributed by atoms with van der Waals surface area (Å²) >= 11 is 0. The fourth-order valence-electron chi connectivity index (χ4n) is 2.54. The maximum Gasteiger partial charge on any atom is 0.196 e. The predicted octanol–water partition coefficient (Wildman–Crippen LogP) is 3.74. The average molecular weight is 289 g/mol. The Morgan fingerprint density at radius 2 is 2.10 bits per heavy atom. The van der Waals surface area contributed by atoms with E-state index in [4.69, 9.17) is 0 Å². The number of rotatable bonds is 5. The van der Waals surface area contributed by atoms with E-state index in [1.54, 1.807) is 12.1 Å². The van der Waals surface area contributed by atoms with Crippen molar-refractivity contribution in [3.8, 4) is 5.75 Å². The van der Waals surface area contributed by atoms with Crippen molar-refractivity contribution < 1.29 is 5.11 Å². The van der Waals surface area contributed by atoms with Gasteiger partial charge in [0.25, 0.3) is 0 Å². The molecule has 4 nitrogen and oxygen atoms in total. The van der Waals surface area contributed by atoms with Crippen LogP contribution in [0.2, 0.25) is 0 Å². The minimum Gasteiger partial charge on any atom is -0.508 e. The van der Waals surface area contributed by atoms with E-state index >= 15 is 0 Å². The lowest BCUT2D eigenvalue weighted by atomic mass is 10.1. The molecule has 21 heavy (non-hydrogen) atoms. The first kappa shape index (κ1) is 15.7. The molecule has 0 saturated heterocycles. The lowest BCUT2D eigenvalue weighted by molar-refractivity contribution is 0.475. The number of hydrogen-bond acceptors (Lipinski definition) is 2. The number of hydrogen-bond donors (Lipinski definition) is 3. The van der Waals surface area contributed by atoms with Crippen molar-refractivity contribution in [2.45, 2.75) is 52.0 Å². The molecule has 0 amide bonds. The lowest BCUT2D eigenvalue weighted by Crippen LogP contribution is -2.38. The van der Waals surface area contributed by atoms with Crippen LogP contribution in [0.15, 0.2) is 29.3 Å². The highest BCUT2D eigenvalue weighted by molar-refractivity contribution is 5.94. The maximum absolute atomic E-state index is 9.56. The van der Waals surface area contributed by atoms with Crippen molar-refractivity contribution in [2.24, 2.45) is 10.9 Å². The molecule has 0 bridgehead atoms. The largest absolute Gasteiger partial charge is 0.508 e. The van der Waals surface area contributed by atoms with Crippen molar-refractivity contribution in [3.63, 3.8) is 0 Å².